The Labute approximate surface area is 77.8 Å². The van der Waals surface area contributed by atoms with Crippen LogP contribution >= 0.6 is 0 Å². The lowest BCUT2D eigenvalue weighted by Gasteiger charge is -2.08. The Morgan fingerprint density at radius 3 is 2.69 bits per heavy atom. The molecule has 0 amide bonds. The van der Waals surface area contributed by atoms with E-state index in [0.29, 0.717) is 11.5 Å². The van der Waals surface area contributed by atoms with Crippen LogP contribution in [0, 0.1) is 5.82 Å². The zero-order valence-electron chi connectivity index (χ0n) is 7.76. The van der Waals surface area contributed by atoms with Gasteiger partial charge in [-0.05, 0) is 37.3 Å². The summed E-state index contributed by atoms with van der Waals surface area (Å²) in [7, 11) is 0. The van der Waals surface area contributed by atoms with E-state index in [1.807, 2.05) is 19.1 Å². The Morgan fingerprint density at radius 2 is 2.15 bits per heavy atom. The van der Waals surface area contributed by atoms with Gasteiger partial charge in [-0.2, -0.15) is 0 Å². The van der Waals surface area contributed by atoms with E-state index in [-0.39, 0.29) is 11.9 Å². The van der Waals surface area contributed by atoms with Crippen molar-refractivity contribution in [3.8, 4) is 0 Å². The van der Waals surface area contributed by atoms with Crippen molar-refractivity contribution < 1.29 is 4.39 Å². The highest BCUT2D eigenvalue weighted by Crippen LogP contribution is 2.40. The van der Waals surface area contributed by atoms with Crippen LogP contribution in [-0.2, 0) is 0 Å². The third-order valence-electron chi connectivity index (χ3n) is 2.56. The maximum atomic E-state index is 13.2. The van der Waals surface area contributed by atoms with Gasteiger partial charge in [0.15, 0.2) is 0 Å². The number of hydrogen-bond donors (Lipinski definition) is 1. The van der Waals surface area contributed by atoms with Crippen molar-refractivity contribution in [2.75, 3.05) is 0 Å². The van der Waals surface area contributed by atoms with E-state index in [4.69, 9.17) is 5.73 Å². The van der Waals surface area contributed by atoms with Gasteiger partial charge in [0.25, 0.3) is 0 Å². The first-order valence-electron chi connectivity index (χ1n) is 4.73. The highest BCUT2D eigenvalue weighted by Gasteiger charge is 2.24. The summed E-state index contributed by atoms with van der Waals surface area (Å²) in [6.07, 6.45) is 2.48. The normalized spacial score (nSPS) is 18.7. The van der Waals surface area contributed by atoms with E-state index in [0.717, 1.165) is 0 Å². The second-order valence-electron chi connectivity index (χ2n) is 3.84. The van der Waals surface area contributed by atoms with E-state index >= 15 is 0 Å². The van der Waals surface area contributed by atoms with E-state index in [9.17, 15) is 4.39 Å². The fourth-order valence-corrected chi connectivity index (χ4v) is 1.58. The average molecular weight is 179 g/mol. The molecule has 0 saturated heterocycles. The molecule has 0 aromatic heterocycles. The van der Waals surface area contributed by atoms with Crippen LogP contribution in [0.25, 0.3) is 0 Å². The summed E-state index contributed by atoms with van der Waals surface area (Å²) in [6.45, 7) is 1.81. The highest BCUT2D eigenvalue weighted by atomic mass is 19.1. The summed E-state index contributed by atoms with van der Waals surface area (Å²) in [5.41, 5.74) is 7.55. The smallest absolute Gasteiger partial charge is 0.127 e. The topological polar surface area (TPSA) is 26.0 Å². The lowest BCUT2D eigenvalue weighted by molar-refractivity contribution is 0.592. The quantitative estimate of drug-likeness (QED) is 0.742. The summed E-state index contributed by atoms with van der Waals surface area (Å²) in [6, 6.07) is 5.11. The maximum Gasteiger partial charge on any atom is 0.127 e. The van der Waals surface area contributed by atoms with Gasteiger partial charge in [0.05, 0.1) is 0 Å². The van der Waals surface area contributed by atoms with Crippen LogP contribution < -0.4 is 5.73 Å². The van der Waals surface area contributed by atoms with Crippen LogP contribution in [0.4, 0.5) is 4.39 Å². The summed E-state index contributed by atoms with van der Waals surface area (Å²) >= 11 is 0. The molecule has 2 N–H and O–H groups in total. The molecule has 1 fully saturated rings. The maximum absolute atomic E-state index is 13.2. The number of rotatable bonds is 2. The van der Waals surface area contributed by atoms with Crippen LogP contribution in [0.3, 0.4) is 0 Å². The third kappa shape index (κ3) is 1.73. The monoisotopic (exact) mass is 179 g/mol. The van der Waals surface area contributed by atoms with Gasteiger partial charge in [0.2, 0.25) is 0 Å². The Balaban J connectivity index is 2.36. The Hall–Kier alpha value is -0.890. The second kappa shape index (κ2) is 3.11. The molecule has 0 heterocycles. The molecule has 1 aromatic rings. The van der Waals surface area contributed by atoms with Gasteiger partial charge in [-0.25, -0.2) is 4.39 Å². The van der Waals surface area contributed by atoms with Crippen LogP contribution in [0.1, 0.15) is 42.9 Å². The SMILES string of the molecule is C[C@@H](N)c1cc(C2CC2)ccc1F. The number of nitrogens with two attached hydrogens (primary N) is 1. The summed E-state index contributed by atoms with van der Waals surface area (Å²) in [4.78, 5) is 0. The van der Waals surface area contributed by atoms with Crippen molar-refractivity contribution in [2.45, 2.75) is 31.7 Å². The fourth-order valence-electron chi connectivity index (χ4n) is 1.58. The molecule has 0 aliphatic heterocycles. The molecule has 0 radical (unpaired) electrons. The minimum atomic E-state index is -0.210. The molecule has 2 rings (SSSR count). The number of hydrogen-bond acceptors (Lipinski definition) is 1. The van der Waals surface area contributed by atoms with Gasteiger partial charge >= 0.3 is 0 Å². The predicted molar refractivity (Wildman–Crippen MR) is 51.0 cm³/mol. The van der Waals surface area contributed by atoms with E-state index in [2.05, 4.69) is 0 Å². The van der Waals surface area contributed by atoms with Gasteiger partial charge in [0.1, 0.15) is 5.82 Å². The molecule has 1 aliphatic rings. The second-order valence-corrected chi connectivity index (χ2v) is 3.84. The molecular formula is C11H14FN. The summed E-state index contributed by atoms with van der Waals surface area (Å²) in [5.74, 6) is 0.484. The number of halogens is 1. The first kappa shape index (κ1) is 8.70. The standard InChI is InChI=1S/C11H14FN/c1-7(13)10-6-9(8-2-3-8)4-5-11(10)12/h4-8H,2-3,13H2,1H3/t7-/m1/s1. The molecule has 1 aliphatic carbocycles. The lowest BCUT2D eigenvalue weighted by Crippen LogP contribution is -2.07. The van der Waals surface area contributed by atoms with Crippen molar-refractivity contribution in [1.82, 2.24) is 0 Å². The Kier molecular flexibility index (Phi) is 2.08. The molecule has 1 nitrogen and oxygen atoms in total. The minimum absolute atomic E-state index is 0.181. The zero-order valence-corrected chi connectivity index (χ0v) is 7.76. The van der Waals surface area contributed by atoms with Gasteiger partial charge in [0, 0.05) is 11.6 Å². The molecule has 0 bridgehead atoms. The van der Waals surface area contributed by atoms with E-state index in [1.165, 1.54) is 24.5 Å². The Morgan fingerprint density at radius 1 is 1.46 bits per heavy atom. The molecule has 13 heavy (non-hydrogen) atoms. The van der Waals surface area contributed by atoms with Crippen LogP contribution in [0.2, 0.25) is 0 Å². The van der Waals surface area contributed by atoms with Crippen LogP contribution in [0.5, 0.6) is 0 Å². The van der Waals surface area contributed by atoms with E-state index in [1.54, 1.807) is 0 Å². The van der Waals surface area contributed by atoms with Gasteiger partial charge < -0.3 is 5.73 Å². The molecule has 1 aromatic carbocycles. The molecule has 1 atom stereocenters. The third-order valence-corrected chi connectivity index (χ3v) is 2.56. The highest BCUT2D eigenvalue weighted by molar-refractivity contribution is 5.31. The first-order chi connectivity index (χ1) is 6.18. The van der Waals surface area contributed by atoms with Crippen molar-refractivity contribution in [2.24, 2.45) is 5.73 Å². The van der Waals surface area contributed by atoms with Gasteiger partial charge in [-0.15, -0.1) is 0 Å². The Bertz CT molecular complexity index is 316. The average Bonchev–Trinajstić information content (AvgIpc) is 2.87. The van der Waals surface area contributed by atoms with Gasteiger partial charge in [-0.3, -0.25) is 0 Å². The molecule has 70 valence electrons. The summed E-state index contributed by atoms with van der Waals surface area (Å²) in [5, 5.41) is 0. The minimum Gasteiger partial charge on any atom is -0.324 e. The molecule has 1 saturated carbocycles. The predicted octanol–water partition coefficient (Wildman–Crippen LogP) is 2.72. The van der Waals surface area contributed by atoms with Crippen LogP contribution in [0.15, 0.2) is 18.2 Å². The fraction of sp³-hybridized carbons (Fsp3) is 0.455. The molecule has 0 unspecified atom stereocenters. The molecule has 2 heteroatoms. The number of benzene rings is 1. The van der Waals surface area contributed by atoms with E-state index < -0.39 is 0 Å². The largest absolute Gasteiger partial charge is 0.324 e. The van der Waals surface area contributed by atoms with Crippen molar-refractivity contribution in [1.29, 1.82) is 0 Å². The summed E-state index contributed by atoms with van der Waals surface area (Å²) < 4.78 is 13.2. The lowest BCUT2D eigenvalue weighted by atomic mass is 10.0. The van der Waals surface area contributed by atoms with Crippen molar-refractivity contribution in [3.63, 3.8) is 0 Å². The first-order valence-corrected chi connectivity index (χ1v) is 4.73. The van der Waals surface area contributed by atoms with Gasteiger partial charge in [-0.1, -0.05) is 12.1 Å². The molecule has 0 spiro atoms. The zero-order chi connectivity index (χ0) is 9.42. The van der Waals surface area contributed by atoms with Crippen LogP contribution in [-0.4, -0.2) is 0 Å². The van der Waals surface area contributed by atoms with Crippen molar-refractivity contribution in [3.05, 3.63) is 35.1 Å². The molecular weight excluding hydrogens is 165 g/mol. The van der Waals surface area contributed by atoms with Crippen molar-refractivity contribution >= 4 is 0 Å².